The number of methoxy groups -OCH3 is 1. The third-order valence-corrected chi connectivity index (χ3v) is 7.46. The molecule has 9 heteroatoms. The Balaban J connectivity index is 1.01. The standard InChI is InChI=1S/C25H33FN4O4/c1-32-16-23-27-25(34-28-23)30-10-5-17(6-11-30)21-13-18(21)7-12-33-20-4-3-19(22(26)15-20)14-24(31)29-8-2-9-29/h3-4,15,17-18,21H,2,5-14,16H2,1H3/t18-,21+/m0/s1. The van der Waals surface area contributed by atoms with Gasteiger partial charge in [-0.05, 0) is 61.5 Å². The quantitative estimate of drug-likeness (QED) is 0.524. The van der Waals surface area contributed by atoms with Crippen molar-refractivity contribution in [1.82, 2.24) is 15.0 Å². The normalized spacial score (nSPS) is 22.5. The third kappa shape index (κ3) is 5.35. The summed E-state index contributed by atoms with van der Waals surface area (Å²) in [5, 5.41) is 3.95. The summed E-state index contributed by atoms with van der Waals surface area (Å²) in [5.41, 5.74) is 0.438. The van der Waals surface area contributed by atoms with E-state index in [2.05, 4.69) is 15.0 Å². The van der Waals surface area contributed by atoms with Crippen LogP contribution < -0.4 is 9.64 Å². The first-order valence-corrected chi connectivity index (χ1v) is 12.4. The molecule has 0 bridgehead atoms. The molecular formula is C25H33FN4O4. The van der Waals surface area contributed by atoms with Crippen LogP contribution in [-0.4, -0.2) is 60.8 Å². The van der Waals surface area contributed by atoms with Crippen LogP contribution in [0, 0.1) is 23.6 Å². The molecule has 8 nitrogen and oxygen atoms in total. The number of ether oxygens (including phenoxy) is 2. The number of anilines is 1. The number of rotatable bonds is 10. The van der Waals surface area contributed by atoms with Gasteiger partial charge >= 0.3 is 6.01 Å². The number of nitrogens with zero attached hydrogens (tertiary/aromatic N) is 4. The Hall–Kier alpha value is -2.68. The van der Waals surface area contributed by atoms with Crippen LogP contribution in [0.4, 0.5) is 10.4 Å². The van der Waals surface area contributed by atoms with Gasteiger partial charge in [-0.25, -0.2) is 4.39 Å². The van der Waals surface area contributed by atoms with Crippen LogP contribution in [-0.2, 0) is 22.6 Å². The number of piperidine rings is 1. The van der Waals surface area contributed by atoms with Gasteiger partial charge in [-0.1, -0.05) is 11.2 Å². The highest BCUT2D eigenvalue weighted by atomic mass is 19.1. The maximum Gasteiger partial charge on any atom is 0.324 e. The fourth-order valence-electron chi connectivity index (χ4n) is 5.19. The number of carbonyl (C=O) groups is 1. The maximum absolute atomic E-state index is 14.4. The molecular weight excluding hydrogens is 439 g/mol. The van der Waals surface area contributed by atoms with Crippen LogP contribution in [0.2, 0.25) is 0 Å². The van der Waals surface area contributed by atoms with E-state index in [4.69, 9.17) is 14.0 Å². The van der Waals surface area contributed by atoms with E-state index in [1.54, 1.807) is 24.1 Å². The lowest BCUT2D eigenvalue weighted by Crippen LogP contribution is -2.42. The van der Waals surface area contributed by atoms with E-state index in [1.807, 2.05) is 0 Å². The van der Waals surface area contributed by atoms with Crippen LogP contribution in [0.15, 0.2) is 22.7 Å². The lowest BCUT2D eigenvalue weighted by Gasteiger charge is -2.31. The zero-order chi connectivity index (χ0) is 23.5. The molecule has 2 aliphatic heterocycles. The fraction of sp³-hybridized carbons (Fsp3) is 0.640. The topological polar surface area (TPSA) is 80.9 Å². The molecule has 2 atom stereocenters. The van der Waals surface area contributed by atoms with Crippen molar-refractivity contribution in [3.8, 4) is 5.75 Å². The van der Waals surface area contributed by atoms with Crippen molar-refractivity contribution >= 4 is 11.9 Å². The molecule has 3 heterocycles. The molecule has 1 amide bonds. The molecule has 1 aromatic heterocycles. The van der Waals surface area contributed by atoms with Crippen molar-refractivity contribution in [3.05, 3.63) is 35.4 Å². The number of aromatic nitrogens is 2. The second-order valence-electron chi connectivity index (χ2n) is 9.71. The monoisotopic (exact) mass is 472 g/mol. The van der Waals surface area contributed by atoms with Crippen molar-refractivity contribution in [2.24, 2.45) is 17.8 Å². The van der Waals surface area contributed by atoms with Crippen molar-refractivity contribution in [3.63, 3.8) is 0 Å². The first-order valence-electron chi connectivity index (χ1n) is 12.4. The zero-order valence-corrected chi connectivity index (χ0v) is 19.7. The van der Waals surface area contributed by atoms with E-state index in [-0.39, 0.29) is 18.1 Å². The Kier molecular flexibility index (Phi) is 6.99. The molecule has 2 saturated heterocycles. The van der Waals surface area contributed by atoms with Gasteiger partial charge in [-0.2, -0.15) is 4.98 Å². The Bertz CT molecular complexity index is 987. The lowest BCUT2D eigenvalue weighted by atomic mass is 9.90. The van der Waals surface area contributed by atoms with E-state index < -0.39 is 0 Å². The largest absolute Gasteiger partial charge is 0.493 e. The molecule has 0 radical (unpaired) electrons. The Morgan fingerprint density at radius 1 is 1.24 bits per heavy atom. The molecule has 1 aromatic carbocycles. The first kappa shape index (κ1) is 23.1. The molecule has 5 rings (SSSR count). The van der Waals surface area contributed by atoms with E-state index in [0.29, 0.717) is 42.3 Å². The Labute approximate surface area is 199 Å². The molecule has 1 aliphatic carbocycles. The van der Waals surface area contributed by atoms with Crippen LogP contribution >= 0.6 is 0 Å². The van der Waals surface area contributed by atoms with Crippen LogP contribution in [0.25, 0.3) is 0 Å². The van der Waals surface area contributed by atoms with Crippen LogP contribution in [0.1, 0.15) is 43.5 Å². The second kappa shape index (κ2) is 10.3. The molecule has 0 unspecified atom stereocenters. The summed E-state index contributed by atoms with van der Waals surface area (Å²) in [4.78, 5) is 20.4. The Morgan fingerprint density at radius 2 is 2.06 bits per heavy atom. The number of likely N-dealkylation sites (tertiary alicyclic amines) is 1. The third-order valence-electron chi connectivity index (χ3n) is 7.46. The molecule has 34 heavy (non-hydrogen) atoms. The molecule has 184 valence electrons. The number of halogens is 1. The second-order valence-corrected chi connectivity index (χ2v) is 9.71. The number of hydrogen-bond donors (Lipinski definition) is 0. The summed E-state index contributed by atoms with van der Waals surface area (Å²) in [6, 6.07) is 5.46. The first-order chi connectivity index (χ1) is 16.6. The molecule has 1 saturated carbocycles. The average molecular weight is 473 g/mol. The molecule has 3 fully saturated rings. The van der Waals surface area contributed by atoms with Gasteiger partial charge < -0.3 is 23.8 Å². The minimum absolute atomic E-state index is 0.00244. The van der Waals surface area contributed by atoms with Gasteiger partial charge in [0.15, 0.2) is 5.82 Å². The predicted molar refractivity (Wildman–Crippen MR) is 123 cm³/mol. The zero-order valence-electron chi connectivity index (χ0n) is 19.7. The predicted octanol–water partition coefficient (Wildman–Crippen LogP) is 3.45. The average Bonchev–Trinajstić information content (AvgIpc) is 3.41. The molecule has 0 spiro atoms. The molecule has 0 N–H and O–H groups in total. The SMILES string of the molecule is COCc1noc(N2CCC([C@H]3C[C@@H]3CCOc3ccc(CC(=O)N4CCC4)c(F)c3)CC2)n1. The van der Waals surface area contributed by atoms with Crippen molar-refractivity contribution in [2.45, 2.75) is 45.1 Å². The number of carbonyl (C=O) groups excluding carboxylic acids is 1. The summed E-state index contributed by atoms with van der Waals surface area (Å²) >= 11 is 0. The summed E-state index contributed by atoms with van der Waals surface area (Å²) in [7, 11) is 1.62. The van der Waals surface area contributed by atoms with Gasteiger partial charge in [0.25, 0.3) is 0 Å². The summed E-state index contributed by atoms with van der Waals surface area (Å²) in [6.45, 7) is 4.40. The smallest absolute Gasteiger partial charge is 0.324 e. The van der Waals surface area contributed by atoms with Gasteiger partial charge in [0.1, 0.15) is 18.2 Å². The number of hydrogen-bond acceptors (Lipinski definition) is 7. The van der Waals surface area contributed by atoms with Gasteiger partial charge in [0.2, 0.25) is 5.91 Å². The van der Waals surface area contributed by atoms with Crippen molar-refractivity contribution in [1.29, 1.82) is 0 Å². The van der Waals surface area contributed by atoms with Gasteiger partial charge in [0.05, 0.1) is 13.0 Å². The van der Waals surface area contributed by atoms with Gasteiger partial charge in [0, 0.05) is 39.4 Å². The van der Waals surface area contributed by atoms with Crippen molar-refractivity contribution in [2.75, 3.05) is 44.8 Å². The van der Waals surface area contributed by atoms with Crippen molar-refractivity contribution < 1.29 is 23.2 Å². The van der Waals surface area contributed by atoms with E-state index >= 15 is 0 Å². The minimum atomic E-state index is -0.363. The highest BCUT2D eigenvalue weighted by Gasteiger charge is 2.43. The van der Waals surface area contributed by atoms with Gasteiger partial charge in [-0.15, -0.1) is 0 Å². The van der Waals surface area contributed by atoms with E-state index in [0.717, 1.165) is 63.7 Å². The highest BCUT2D eigenvalue weighted by Crippen LogP contribution is 2.50. The van der Waals surface area contributed by atoms with Crippen LogP contribution in [0.3, 0.4) is 0 Å². The van der Waals surface area contributed by atoms with Gasteiger partial charge in [-0.3, -0.25) is 4.79 Å². The fourth-order valence-corrected chi connectivity index (χ4v) is 5.19. The lowest BCUT2D eigenvalue weighted by molar-refractivity contribution is -0.133. The van der Waals surface area contributed by atoms with Crippen LogP contribution in [0.5, 0.6) is 5.75 Å². The Morgan fingerprint density at radius 3 is 2.76 bits per heavy atom. The summed E-state index contributed by atoms with van der Waals surface area (Å²) in [5.74, 6) is 2.92. The molecule has 2 aromatic rings. The van der Waals surface area contributed by atoms with E-state index in [1.165, 1.54) is 12.5 Å². The molecule has 3 aliphatic rings. The number of benzene rings is 1. The number of amides is 1. The minimum Gasteiger partial charge on any atom is -0.493 e. The summed E-state index contributed by atoms with van der Waals surface area (Å²) < 4.78 is 30.7. The maximum atomic E-state index is 14.4. The summed E-state index contributed by atoms with van der Waals surface area (Å²) in [6.07, 6.45) is 5.66. The van der Waals surface area contributed by atoms with E-state index in [9.17, 15) is 9.18 Å². The highest BCUT2D eigenvalue weighted by molar-refractivity contribution is 5.79.